The summed E-state index contributed by atoms with van der Waals surface area (Å²) in [5, 5.41) is 7.08. The van der Waals surface area contributed by atoms with E-state index in [2.05, 4.69) is 51.3 Å². The summed E-state index contributed by atoms with van der Waals surface area (Å²) in [4.78, 5) is 21.1. The number of nitrogens with zero attached hydrogens (tertiary/aromatic N) is 4. The third-order valence-electron chi connectivity index (χ3n) is 4.50. The molecular weight excluding hydrogens is 338 g/mol. The smallest absolute Gasteiger partial charge is 0.246 e. The van der Waals surface area contributed by atoms with Crippen LogP contribution in [0.5, 0.6) is 0 Å². The van der Waals surface area contributed by atoms with Crippen LogP contribution in [0, 0.1) is 6.92 Å². The van der Waals surface area contributed by atoms with Crippen LogP contribution in [0.15, 0.2) is 24.3 Å². The third-order valence-corrected chi connectivity index (χ3v) is 5.85. The highest BCUT2D eigenvalue weighted by Crippen LogP contribution is 2.44. The van der Waals surface area contributed by atoms with E-state index in [-0.39, 0.29) is 16.5 Å². The van der Waals surface area contributed by atoms with Gasteiger partial charge in [-0.1, -0.05) is 29.8 Å². The summed E-state index contributed by atoms with van der Waals surface area (Å²) in [5.41, 5.74) is 2.30. The second-order valence-corrected chi connectivity index (χ2v) is 7.73. The number of aryl methyl sites for hydroxylation is 1. The van der Waals surface area contributed by atoms with Crippen LogP contribution < -0.4 is 9.80 Å². The normalized spacial score (nSPS) is 24.2. The van der Waals surface area contributed by atoms with Crippen molar-refractivity contribution in [3.8, 4) is 0 Å². The zero-order valence-electron chi connectivity index (χ0n) is 14.3. The van der Waals surface area contributed by atoms with Gasteiger partial charge in [-0.25, -0.2) is 5.10 Å². The minimum absolute atomic E-state index is 0.0558. The molecule has 2 fully saturated rings. The van der Waals surface area contributed by atoms with Gasteiger partial charge in [-0.3, -0.25) is 9.69 Å². The maximum atomic E-state index is 12.7. The van der Waals surface area contributed by atoms with Crippen LogP contribution in [0.4, 0.5) is 11.9 Å². The molecule has 3 heterocycles. The Hall–Kier alpha value is -2.06. The molecule has 2 atom stereocenters. The summed E-state index contributed by atoms with van der Waals surface area (Å²) in [5.74, 6) is 1.19. The summed E-state index contributed by atoms with van der Waals surface area (Å²) in [6, 6.07) is 8.29. The van der Waals surface area contributed by atoms with Gasteiger partial charge in [-0.15, -0.1) is 16.9 Å². The molecule has 1 aromatic heterocycles. The Morgan fingerprint density at radius 2 is 1.96 bits per heavy atom. The highest BCUT2D eigenvalue weighted by Gasteiger charge is 2.41. The Bertz CT molecular complexity index is 757. The van der Waals surface area contributed by atoms with Crippen molar-refractivity contribution in [2.45, 2.75) is 24.5 Å². The lowest BCUT2D eigenvalue weighted by Gasteiger charge is -2.25. The van der Waals surface area contributed by atoms with Crippen molar-refractivity contribution in [2.75, 3.05) is 36.1 Å². The maximum Gasteiger partial charge on any atom is 0.246 e. The number of anilines is 2. The number of rotatable bonds is 3. The summed E-state index contributed by atoms with van der Waals surface area (Å²) in [6.45, 7) is 6.86. The molecule has 25 heavy (non-hydrogen) atoms. The van der Waals surface area contributed by atoms with Gasteiger partial charge in [0.25, 0.3) is 0 Å². The van der Waals surface area contributed by atoms with Crippen LogP contribution in [0.3, 0.4) is 0 Å². The lowest BCUT2D eigenvalue weighted by atomic mass is 10.1. The fourth-order valence-electron chi connectivity index (χ4n) is 3.06. The standard InChI is InChI=1S/C17H21N5O2S/c1-11-3-5-13(6-4-11)15-22(14(23)12(2)25-15)17-18-16(19-20-17)21-7-9-24-10-8-21/h3-6,12,15H,7-10H2,1-2H3,(H,18,19,20)/t12-,15+/m0/s1. The number of ether oxygens (including phenoxy) is 1. The fraction of sp³-hybridized carbons (Fsp3) is 0.471. The van der Waals surface area contributed by atoms with Crippen molar-refractivity contribution in [3.05, 3.63) is 35.4 Å². The number of aromatic nitrogens is 3. The lowest BCUT2D eigenvalue weighted by molar-refractivity contribution is -0.117. The number of amides is 1. The van der Waals surface area contributed by atoms with Crippen LogP contribution >= 0.6 is 11.8 Å². The van der Waals surface area contributed by atoms with Crippen LogP contribution in [0.25, 0.3) is 0 Å². The van der Waals surface area contributed by atoms with Gasteiger partial charge >= 0.3 is 0 Å². The topological polar surface area (TPSA) is 74.3 Å². The Morgan fingerprint density at radius 1 is 1.24 bits per heavy atom. The van der Waals surface area contributed by atoms with Crippen LogP contribution in [0.1, 0.15) is 23.4 Å². The van der Waals surface area contributed by atoms with Gasteiger partial charge in [0, 0.05) is 13.1 Å². The molecule has 1 aromatic carbocycles. The van der Waals surface area contributed by atoms with Crippen LogP contribution in [-0.4, -0.2) is 52.6 Å². The van der Waals surface area contributed by atoms with Crippen LogP contribution in [0.2, 0.25) is 0 Å². The molecule has 2 aromatic rings. The van der Waals surface area contributed by atoms with Gasteiger partial charge in [0.2, 0.25) is 17.8 Å². The number of carbonyl (C=O) groups excluding carboxylic acids is 1. The third kappa shape index (κ3) is 3.11. The minimum Gasteiger partial charge on any atom is -0.378 e. The van der Waals surface area contributed by atoms with E-state index >= 15 is 0 Å². The van der Waals surface area contributed by atoms with Crippen molar-refractivity contribution in [2.24, 2.45) is 0 Å². The van der Waals surface area contributed by atoms with Gasteiger partial charge in [0.15, 0.2) is 0 Å². The molecule has 0 bridgehead atoms. The number of aromatic amines is 1. The van der Waals surface area contributed by atoms with Gasteiger partial charge < -0.3 is 9.64 Å². The first-order valence-electron chi connectivity index (χ1n) is 8.43. The molecule has 2 saturated heterocycles. The molecular formula is C17H21N5O2S. The van der Waals surface area contributed by atoms with Crippen LogP contribution in [-0.2, 0) is 9.53 Å². The Labute approximate surface area is 150 Å². The molecule has 1 N–H and O–H groups in total. The highest BCUT2D eigenvalue weighted by atomic mass is 32.2. The highest BCUT2D eigenvalue weighted by molar-refractivity contribution is 8.01. The number of hydrogen-bond acceptors (Lipinski definition) is 6. The van der Waals surface area contributed by atoms with E-state index in [0.717, 1.165) is 18.7 Å². The number of hydrogen-bond donors (Lipinski definition) is 1. The number of morpholine rings is 1. The van der Waals surface area contributed by atoms with E-state index in [9.17, 15) is 4.79 Å². The molecule has 2 aliphatic rings. The average molecular weight is 359 g/mol. The van der Waals surface area contributed by atoms with Gasteiger partial charge in [0.05, 0.1) is 18.5 Å². The van der Waals surface area contributed by atoms with E-state index < -0.39 is 0 Å². The molecule has 0 spiro atoms. The lowest BCUT2D eigenvalue weighted by Crippen LogP contribution is -2.37. The van der Waals surface area contributed by atoms with Crippen molar-refractivity contribution in [1.82, 2.24) is 15.2 Å². The van der Waals surface area contributed by atoms with Gasteiger partial charge in [-0.05, 0) is 19.4 Å². The Kier molecular flexibility index (Phi) is 4.39. The predicted molar refractivity (Wildman–Crippen MR) is 97.9 cm³/mol. The molecule has 132 valence electrons. The fourth-order valence-corrected chi connectivity index (χ4v) is 4.31. The quantitative estimate of drug-likeness (QED) is 0.905. The SMILES string of the molecule is Cc1ccc([C@H]2S[C@@H](C)C(=O)N2c2nc(N3CCOCC3)n[nH]2)cc1. The molecule has 0 aliphatic carbocycles. The van der Waals surface area contributed by atoms with E-state index in [1.54, 1.807) is 16.7 Å². The summed E-state index contributed by atoms with van der Waals surface area (Å²) in [6.07, 6.45) is 0. The second-order valence-electron chi connectivity index (χ2n) is 6.31. The molecule has 0 radical (unpaired) electrons. The Balaban J connectivity index is 1.63. The molecule has 7 nitrogen and oxygen atoms in total. The first-order chi connectivity index (χ1) is 12.1. The summed E-state index contributed by atoms with van der Waals surface area (Å²) < 4.78 is 5.37. The molecule has 8 heteroatoms. The Morgan fingerprint density at radius 3 is 2.68 bits per heavy atom. The number of H-pyrrole nitrogens is 1. The molecule has 0 unspecified atom stereocenters. The van der Waals surface area contributed by atoms with Gasteiger partial charge in [-0.2, -0.15) is 4.98 Å². The van der Waals surface area contributed by atoms with E-state index in [1.807, 2.05) is 6.92 Å². The van der Waals surface area contributed by atoms with Crippen molar-refractivity contribution in [1.29, 1.82) is 0 Å². The summed E-state index contributed by atoms with van der Waals surface area (Å²) >= 11 is 1.64. The van der Waals surface area contributed by atoms with Crippen molar-refractivity contribution in [3.63, 3.8) is 0 Å². The molecule has 2 aliphatic heterocycles. The van der Waals surface area contributed by atoms with E-state index in [4.69, 9.17) is 4.74 Å². The number of thioether (sulfide) groups is 1. The first kappa shape index (κ1) is 16.4. The predicted octanol–water partition coefficient (Wildman–Crippen LogP) is 2.12. The number of nitrogens with one attached hydrogen (secondary N) is 1. The zero-order valence-corrected chi connectivity index (χ0v) is 15.1. The largest absolute Gasteiger partial charge is 0.378 e. The monoisotopic (exact) mass is 359 g/mol. The van der Waals surface area contributed by atoms with Crippen molar-refractivity contribution < 1.29 is 9.53 Å². The van der Waals surface area contributed by atoms with E-state index in [1.165, 1.54) is 5.56 Å². The molecule has 0 saturated carbocycles. The van der Waals surface area contributed by atoms with Crippen molar-refractivity contribution >= 4 is 29.6 Å². The average Bonchev–Trinajstić information content (AvgIpc) is 3.22. The van der Waals surface area contributed by atoms with E-state index in [0.29, 0.717) is 25.1 Å². The zero-order chi connectivity index (χ0) is 17.4. The first-order valence-corrected chi connectivity index (χ1v) is 9.38. The number of carbonyl (C=O) groups is 1. The molecule has 4 rings (SSSR count). The minimum atomic E-state index is -0.108. The second kappa shape index (κ2) is 6.68. The number of benzene rings is 1. The maximum absolute atomic E-state index is 12.7. The summed E-state index contributed by atoms with van der Waals surface area (Å²) in [7, 11) is 0. The molecule has 1 amide bonds. The van der Waals surface area contributed by atoms with Gasteiger partial charge in [0.1, 0.15) is 5.37 Å².